The van der Waals surface area contributed by atoms with Gasteiger partial charge in [-0.05, 0) is 41.2 Å². The maximum atomic E-state index is 9.98. The number of nitriles is 1. The zero-order valence-electron chi connectivity index (χ0n) is 10.1. The molecule has 2 nitrogen and oxygen atoms in total. The van der Waals surface area contributed by atoms with Gasteiger partial charge in [0.25, 0.3) is 0 Å². The lowest BCUT2D eigenvalue weighted by Gasteiger charge is -2.15. The van der Waals surface area contributed by atoms with E-state index in [2.05, 4.69) is 12.1 Å². The van der Waals surface area contributed by atoms with Crippen LogP contribution in [0.2, 0.25) is 0 Å². The fourth-order valence-corrected chi connectivity index (χ4v) is 2.51. The number of hydrogen-bond donors (Lipinski definition) is 1. The molecule has 0 aromatic heterocycles. The SMILES string of the molecule is CC(O)(C#N)c1ccc2c(c1)Cc1ccccc1-2. The lowest BCUT2D eigenvalue weighted by molar-refractivity contribution is 0.119. The molecular formula is C16H13NO. The monoisotopic (exact) mass is 235 g/mol. The molecule has 1 N–H and O–H groups in total. The molecule has 0 fully saturated rings. The number of rotatable bonds is 1. The minimum absolute atomic E-state index is 0.663. The first-order valence-corrected chi connectivity index (χ1v) is 5.97. The molecule has 2 aromatic rings. The zero-order valence-corrected chi connectivity index (χ0v) is 10.1. The second-order valence-corrected chi connectivity index (χ2v) is 4.89. The molecule has 3 rings (SSSR count). The third-order valence-electron chi connectivity index (χ3n) is 3.57. The van der Waals surface area contributed by atoms with Gasteiger partial charge in [-0.3, -0.25) is 0 Å². The van der Waals surface area contributed by atoms with Gasteiger partial charge in [-0.15, -0.1) is 0 Å². The van der Waals surface area contributed by atoms with Crippen molar-refractivity contribution in [1.29, 1.82) is 5.26 Å². The molecule has 0 heterocycles. The van der Waals surface area contributed by atoms with Gasteiger partial charge in [0, 0.05) is 0 Å². The summed E-state index contributed by atoms with van der Waals surface area (Å²) in [5.41, 5.74) is 4.21. The van der Waals surface area contributed by atoms with Crippen LogP contribution in [0.5, 0.6) is 0 Å². The molecule has 0 aliphatic heterocycles. The maximum absolute atomic E-state index is 9.98. The lowest BCUT2D eigenvalue weighted by Crippen LogP contribution is -2.18. The topological polar surface area (TPSA) is 44.0 Å². The minimum atomic E-state index is -1.41. The van der Waals surface area contributed by atoms with Gasteiger partial charge in [-0.25, -0.2) is 0 Å². The average molecular weight is 235 g/mol. The molecule has 0 radical (unpaired) electrons. The standard InChI is InChI=1S/C16H13NO/c1-16(18,10-17)13-6-7-15-12(9-13)8-11-4-2-3-5-14(11)15/h2-7,9,18H,8H2,1H3. The molecule has 1 aliphatic rings. The van der Waals surface area contributed by atoms with Gasteiger partial charge in [0.1, 0.15) is 6.07 Å². The van der Waals surface area contributed by atoms with E-state index in [1.165, 1.54) is 29.2 Å². The van der Waals surface area contributed by atoms with Crippen LogP contribution >= 0.6 is 0 Å². The predicted octanol–water partition coefficient (Wildman–Crippen LogP) is 2.99. The van der Waals surface area contributed by atoms with Crippen molar-refractivity contribution < 1.29 is 5.11 Å². The summed E-state index contributed by atoms with van der Waals surface area (Å²) >= 11 is 0. The summed E-state index contributed by atoms with van der Waals surface area (Å²) in [6.07, 6.45) is 0.876. The molecule has 1 aliphatic carbocycles. The summed E-state index contributed by atoms with van der Waals surface area (Å²) < 4.78 is 0. The Morgan fingerprint density at radius 1 is 1.11 bits per heavy atom. The molecular weight excluding hydrogens is 222 g/mol. The van der Waals surface area contributed by atoms with Crippen LogP contribution in [-0.4, -0.2) is 5.11 Å². The van der Waals surface area contributed by atoms with Crippen molar-refractivity contribution in [3.63, 3.8) is 0 Å². The quantitative estimate of drug-likeness (QED) is 0.659. The summed E-state index contributed by atoms with van der Waals surface area (Å²) in [7, 11) is 0. The first kappa shape index (κ1) is 11.0. The molecule has 2 aromatic carbocycles. The van der Waals surface area contributed by atoms with Crippen LogP contribution in [0.15, 0.2) is 42.5 Å². The summed E-state index contributed by atoms with van der Waals surface area (Å²) in [6, 6.07) is 16.0. The van der Waals surface area contributed by atoms with E-state index in [1.807, 2.05) is 36.4 Å². The first-order chi connectivity index (χ1) is 8.62. The van der Waals surface area contributed by atoms with E-state index in [-0.39, 0.29) is 0 Å². The maximum Gasteiger partial charge on any atom is 0.173 e. The fraction of sp³-hybridized carbons (Fsp3) is 0.188. The van der Waals surface area contributed by atoms with Crippen LogP contribution in [0.25, 0.3) is 11.1 Å². The molecule has 18 heavy (non-hydrogen) atoms. The van der Waals surface area contributed by atoms with Gasteiger partial charge >= 0.3 is 0 Å². The Morgan fingerprint density at radius 2 is 1.83 bits per heavy atom. The molecule has 1 atom stereocenters. The molecule has 0 bridgehead atoms. The molecule has 0 amide bonds. The van der Waals surface area contributed by atoms with Crippen molar-refractivity contribution in [3.8, 4) is 17.2 Å². The van der Waals surface area contributed by atoms with Gasteiger partial charge in [0.05, 0.1) is 0 Å². The summed E-state index contributed by atoms with van der Waals surface area (Å²) in [4.78, 5) is 0. The highest BCUT2D eigenvalue weighted by molar-refractivity contribution is 5.77. The molecule has 2 heteroatoms. The largest absolute Gasteiger partial charge is 0.372 e. The first-order valence-electron chi connectivity index (χ1n) is 5.97. The molecule has 0 spiro atoms. The predicted molar refractivity (Wildman–Crippen MR) is 69.9 cm³/mol. The van der Waals surface area contributed by atoms with E-state index < -0.39 is 5.60 Å². The second kappa shape index (κ2) is 3.69. The Hall–Kier alpha value is -2.11. The Labute approximate surface area is 106 Å². The molecule has 0 saturated carbocycles. The van der Waals surface area contributed by atoms with Crippen LogP contribution < -0.4 is 0 Å². The van der Waals surface area contributed by atoms with E-state index in [1.54, 1.807) is 0 Å². The van der Waals surface area contributed by atoms with Crippen molar-refractivity contribution >= 4 is 0 Å². The highest BCUT2D eigenvalue weighted by Crippen LogP contribution is 2.38. The van der Waals surface area contributed by atoms with E-state index in [9.17, 15) is 5.11 Å². The van der Waals surface area contributed by atoms with Crippen molar-refractivity contribution in [2.45, 2.75) is 18.9 Å². The summed E-state index contributed by atoms with van der Waals surface area (Å²) in [5.74, 6) is 0. The van der Waals surface area contributed by atoms with Gasteiger partial charge in [0.15, 0.2) is 5.60 Å². The number of benzene rings is 2. The van der Waals surface area contributed by atoms with Crippen LogP contribution in [0.1, 0.15) is 23.6 Å². The number of aliphatic hydroxyl groups is 1. The van der Waals surface area contributed by atoms with Gasteiger partial charge in [-0.2, -0.15) is 5.26 Å². The van der Waals surface area contributed by atoms with E-state index >= 15 is 0 Å². The van der Waals surface area contributed by atoms with E-state index in [4.69, 9.17) is 5.26 Å². The van der Waals surface area contributed by atoms with Crippen LogP contribution in [0, 0.1) is 11.3 Å². The van der Waals surface area contributed by atoms with Crippen LogP contribution in [0.3, 0.4) is 0 Å². The van der Waals surface area contributed by atoms with Gasteiger partial charge in [-0.1, -0.05) is 42.5 Å². The highest BCUT2D eigenvalue weighted by Gasteiger charge is 2.25. The summed E-state index contributed by atoms with van der Waals surface area (Å²) in [6.45, 7) is 1.52. The van der Waals surface area contributed by atoms with Crippen LogP contribution in [-0.2, 0) is 12.0 Å². The fourth-order valence-electron chi connectivity index (χ4n) is 2.51. The van der Waals surface area contributed by atoms with Crippen molar-refractivity contribution in [3.05, 3.63) is 59.2 Å². The van der Waals surface area contributed by atoms with E-state index in [0.717, 1.165) is 6.42 Å². The Bertz CT molecular complexity index is 665. The van der Waals surface area contributed by atoms with Crippen molar-refractivity contribution in [2.24, 2.45) is 0 Å². The lowest BCUT2D eigenvalue weighted by atomic mass is 9.94. The van der Waals surface area contributed by atoms with Gasteiger partial charge < -0.3 is 5.11 Å². The number of fused-ring (bicyclic) bond motifs is 3. The smallest absolute Gasteiger partial charge is 0.173 e. The number of nitrogens with zero attached hydrogens (tertiary/aromatic N) is 1. The molecule has 88 valence electrons. The highest BCUT2D eigenvalue weighted by atomic mass is 16.3. The van der Waals surface area contributed by atoms with E-state index in [0.29, 0.717) is 5.56 Å². The summed E-state index contributed by atoms with van der Waals surface area (Å²) in [5, 5.41) is 19.0. The molecule has 0 saturated heterocycles. The molecule has 1 unspecified atom stereocenters. The van der Waals surface area contributed by atoms with Gasteiger partial charge in [0.2, 0.25) is 0 Å². The minimum Gasteiger partial charge on any atom is -0.372 e. The average Bonchev–Trinajstić information content (AvgIpc) is 2.76. The second-order valence-electron chi connectivity index (χ2n) is 4.89. The normalized spacial score (nSPS) is 15.4. The third-order valence-corrected chi connectivity index (χ3v) is 3.57. The Kier molecular flexibility index (Phi) is 2.26. The Morgan fingerprint density at radius 3 is 2.61 bits per heavy atom. The third kappa shape index (κ3) is 1.53. The van der Waals surface area contributed by atoms with Crippen molar-refractivity contribution in [1.82, 2.24) is 0 Å². The number of hydrogen-bond acceptors (Lipinski definition) is 2. The Balaban J connectivity index is 2.12. The zero-order chi connectivity index (χ0) is 12.8. The van der Waals surface area contributed by atoms with Crippen LogP contribution in [0.4, 0.5) is 0 Å². The van der Waals surface area contributed by atoms with Crippen molar-refractivity contribution in [2.75, 3.05) is 0 Å².